The minimum absolute atomic E-state index is 0.807. The first-order valence-corrected chi connectivity index (χ1v) is 7.18. The highest BCUT2D eigenvalue weighted by Gasteiger charge is 2.16. The van der Waals surface area contributed by atoms with Crippen molar-refractivity contribution in [3.8, 4) is 0 Å². The van der Waals surface area contributed by atoms with Gasteiger partial charge in [-0.05, 0) is 43.0 Å². The van der Waals surface area contributed by atoms with Crippen LogP contribution in [-0.2, 0) is 6.42 Å². The Morgan fingerprint density at radius 2 is 2.17 bits per heavy atom. The van der Waals surface area contributed by atoms with Crippen molar-refractivity contribution in [1.29, 1.82) is 0 Å². The summed E-state index contributed by atoms with van der Waals surface area (Å²) in [5.74, 6) is 0. The molecule has 0 radical (unpaired) electrons. The van der Waals surface area contributed by atoms with Crippen molar-refractivity contribution in [2.45, 2.75) is 45.4 Å². The number of aldehydes is 1. The summed E-state index contributed by atoms with van der Waals surface area (Å²) in [5.41, 5.74) is 3.51. The van der Waals surface area contributed by atoms with E-state index >= 15 is 0 Å². The maximum atomic E-state index is 10.8. The Balaban J connectivity index is 2.01. The number of anilines is 1. The molecule has 2 nitrogen and oxygen atoms in total. The Morgan fingerprint density at radius 1 is 1.28 bits per heavy atom. The van der Waals surface area contributed by atoms with E-state index in [-0.39, 0.29) is 0 Å². The molecule has 2 heteroatoms. The maximum Gasteiger partial charge on any atom is 0.150 e. The fraction of sp³-hybridized carbons (Fsp3) is 0.562. The fourth-order valence-electron chi connectivity index (χ4n) is 2.73. The summed E-state index contributed by atoms with van der Waals surface area (Å²) in [7, 11) is 0. The number of benzene rings is 1. The predicted octanol–water partition coefficient (Wildman–Crippen LogP) is 3.83. The van der Waals surface area contributed by atoms with Crippen LogP contribution in [0.5, 0.6) is 0 Å². The minimum Gasteiger partial charge on any atom is -0.371 e. The van der Waals surface area contributed by atoms with E-state index in [0.717, 1.165) is 24.8 Å². The lowest BCUT2D eigenvalue weighted by Crippen LogP contribution is -2.30. The van der Waals surface area contributed by atoms with Crippen molar-refractivity contribution < 1.29 is 4.79 Å². The minimum atomic E-state index is 0.807. The molecule has 0 spiro atoms. The number of hydrogen-bond acceptors (Lipinski definition) is 2. The monoisotopic (exact) mass is 245 g/mol. The molecule has 0 fully saturated rings. The van der Waals surface area contributed by atoms with Crippen molar-refractivity contribution in [3.05, 3.63) is 29.3 Å². The summed E-state index contributed by atoms with van der Waals surface area (Å²) in [6.07, 6.45) is 8.51. The van der Waals surface area contributed by atoms with Crippen LogP contribution in [-0.4, -0.2) is 19.4 Å². The number of carbonyl (C=O) groups is 1. The molecule has 0 unspecified atom stereocenters. The largest absolute Gasteiger partial charge is 0.371 e. The SMILES string of the molecule is CCCCCCN1CCCc2cc(C=O)ccc21. The lowest BCUT2D eigenvalue weighted by Gasteiger charge is -2.31. The molecule has 1 aliphatic heterocycles. The van der Waals surface area contributed by atoms with E-state index in [1.165, 1.54) is 49.9 Å². The first-order valence-electron chi connectivity index (χ1n) is 7.18. The second-order valence-electron chi connectivity index (χ2n) is 5.16. The van der Waals surface area contributed by atoms with Crippen LogP contribution in [0, 0.1) is 0 Å². The molecular weight excluding hydrogens is 222 g/mol. The number of fused-ring (bicyclic) bond motifs is 1. The van der Waals surface area contributed by atoms with Gasteiger partial charge in [0.15, 0.2) is 0 Å². The number of aryl methyl sites for hydroxylation is 1. The average Bonchev–Trinajstić information content (AvgIpc) is 2.43. The lowest BCUT2D eigenvalue weighted by atomic mass is 9.99. The van der Waals surface area contributed by atoms with Crippen LogP contribution in [0.15, 0.2) is 18.2 Å². The standard InChI is InChI=1S/C16H23NO/c1-2-3-4-5-10-17-11-6-7-15-12-14(13-18)8-9-16(15)17/h8-9,12-13H,2-7,10-11H2,1H3. The number of rotatable bonds is 6. The zero-order chi connectivity index (χ0) is 12.8. The van der Waals surface area contributed by atoms with Gasteiger partial charge in [-0.2, -0.15) is 0 Å². The Hall–Kier alpha value is -1.31. The van der Waals surface area contributed by atoms with Crippen LogP contribution >= 0.6 is 0 Å². The first kappa shape index (κ1) is 13.1. The van der Waals surface area contributed by atoms with E-state index in [4.69, 9.17) is 0 Å². The number of nitrogens with zero attached hydrogens (tertiary/aromatic N) is 1. The molecule has 0 N–H and O–H groups in total. The molecule has 1 heterocycles. The molecule has 2 rings (SSSR count). The average molecular weight is 245 g/mol. The van der Waals surface area contributed by atoms with Crippen molar-refractivity contribution >= 4 is 12.0 Å². The normalized spacial score (nSPS) is 14.4. The van der Waals surface area contributed by atoms with Crippen LogP contribution in [0.2, 0.25) is 0 Å². The molecule has 18 heavy (non-hydrogen) atoms. The third-order valence-corrected chi connectivity index (χ3v) is 3.74. The van der Waals surface area contributed by atoms with Crippen molar-refractivity contribution in [3.63, 3.8) is 0 Å². The summed E-state index contributed by atoms with van der Waals surface area (Å²) in [6, 6.07) is 6.12. The maximum absolute atomic E-state index is 10.8. The van der Waals surface area contributed by atoms with Gasteiger partial charge in [0.2, 0.25) is 0 Å². The Bertz CT molecular complexity index is 400. The van der Waals surface area contributed by atoms with Gasteiger partial charge in [-0.15, -0.1) is 0 Å². The first-order chi connectivity index (χ1) is 8.85. The van der Waals surface area contributed by atoms with Crippen molar-refractivity contribution in [1.82, 2.24) is 0 Å². The molecule has 98 valence electrons. The Kier molecular flexibility index (Phi) is 4.80. The second kappa shape index (κ2) is 6.58. The summed E-state index contributed by atoms with van der Waals surface area (Å²) in [6.45, 7) is 4.57. The van der Waals surface area contributed by atoms with Gasteiger partial charge in [-0.25, -0.2) is 0 Å². The topological polar surface area (TPSA) is 20.3 Å². The van der Waals surface area contributed by atoms with E-state index in [1.54, 1.807) is 0 Å². The highest BCUT2D eigenvalue weighted by molar-refractivity contribution is 5.77. The zero-order valence-corrected chi connectivity index (χ0v) is 11.3. The molecule has 1 aliphatic rings. The van der Waals surface area contributed by atoms with Crippen LogP contribution < -0.4 is 4.90 Å². The summed E-state index contributed by atoms with van der Waals surface area (Å²) >= 11 is 0. The van der Waals surface area contributed by atoms with Gasteiger partial charge in [-0.1, -0.05) is 26.2 Å². The van der Waals surface area contributed by atoms with E-state index in [9.17, 15) is 4.79 Å². The third-order valence-electron chi connectivity index (χ3n) is 3.74. The van der Waals surface area contributed by atoms with E-state index in [1.807, 2.05) is 6.07 Å². The van der Waals surface area contributed by atoms with Gasteiger partial charge in [0.05, 0.1) is 0 Å². The summed E-state index contributed by atoms with van der Waals surface area (Å²) < 4.78 is 0. The molecule has 0 aliphatic carbocycles. The van der Waals surface area contributed by atoms with Crippen molar-refractivity contribution in [2.24, 2.45) is 0 Å². The molecule has 0 saturated carbocycles. The van der Waals surface area contributed by atoms with Crippen LogP contribution in [0.1, 0.15) is 54.9 Å². The predicted molar refractivity (Wildman–Crippen MR) is 76.5 cm³/mol. The molecule has 0 amide bonds. The number of carbonyl (C=O) groups excluding carboxylic acids is 1. The van der Waals surface area contributed by atoms with Gasteiger partial charge in [0.25, 0.3) is 0 Å². The van der Waals surface area contributed by atoms with Gasteiger partial charge in [0, 0.05) is 24.3 Å². The van der Waals surface area contributed by atoms with Gasteiger partial charge >= 0.3 is 0 Å². The van der Waals surface area contributed by atoms with Crippen molar-refractivity contribution in [2.75, 3.05) is 18.0 Å². The van der Waals surface area contributed by atoms with Gasteiger partial charge in [0.1, 0.15) is 6.29 Å². The van der Waals surface area contributed by atoms with Gasteiger partial charge < -0.3 is 4.90 Å². The number of unbranched alkanes of at least 4 members (excludes halogenated alkanes) is 3. The Labute approximate surface area is 110 Å². The quantitative estimate of drug-likeness (QED) is 0.561. The van der Waals surface area contributed by atoms with Gasteiger partial charge in [-0.3, -0.25) is 4.79 Å². The molecular formula is C16H23NO. The van der Waals surface area contributed by atoms with Crippen LogP contribution in [0.3, 0.4) is 0 Å². The highest BCUT2D eigenvalue weighted by atomic mass is 16.1. The lowest BCUT2D eigenvalue weighted by molar-refractivity contribution is 0.112. The smallest absolute Gasteiger partial charge is 0.150 e. The van der Waals surface area contributed by atoms with E-state index in [0.29, 0.717) is 0 Å². The molecule has 0 saturated heterocycles. The van der Waals surface area contributed by atoms with Crippen LogP contribution in [0.25, 0.3) is 0 Å². The molecule has 1 aromatic carbocycles. The Morgan fingerprint density at radius 3 is 2.94 bits per heavy atom. The second-order valence-corrected chi connectivity index (χ2v) is 5.16. The van der Waals surface area contributed by atoms with E-state index < -0.39 is 0 Å². The zero-order valence-electron chi connectivity index (χ0n) is 11.3. The molecule has 1 aromatic rings. The summed E-state index contributed by atoms with van der Waals surface area (Å²) in [4.78, 5) is 13.3. The number of hydrogen-bond donors (Lipinski definition) is 0. The molecule has 0 atom stereocenters. The van der Waals surface area contributed by atoms with Crippen LogP contribution in [0.4, 0.5) is 5.69 Å². The molecule has 0 bridgehead atoms. The third kappa shape index (κ3) is 3.12. The highest BCUT2D eigenvalue weighted by Crippen LogP contribution is 2.28. The molecule has 0 aromatic heterocycles. The fourth-order valence-corrected chi connectivity index (χ4v) is 2.73. The van der Waals surface area contributed by atoms with E-state index in [2.05, 4.69) is 24.0 Å². The summed E-state index contributed by atoms with van der Waals surface area (Å²) in [5, 5.41) is 0.